The zero-order valence-corrected chi connectivity index (χ0v) is 12.5. The Bertz CT molecular complexity index is 443. The van der Waals surface area contributed by atoms with Gasteiger partial charge in [0.15, 0.2) is 0 Å². The number of alkyl halides is 3. The van der Waals surface area contributed by atoms with Crippen molar-refractivity contribution in [1.82, 2.24) is 15.3 Å². The molecule has 0 aliphatic carbocycles. The maximum atomic E-state index is 12.4. The predicted molar refractivity (Wildman–Crippen MR) is 74.6 cm³/mol. The third-order valence-corrected chi connectivity index (χ3v) is 3.14. The molecule has 1 aliphatic rings. The second kappa shape index (κ2) is 7.24. The van der Waals surface area contributed by atoms with E-state index in [1.807, 2.05) is 13.8 Å². The standard InChI is InChI=1S/C12H17F3N4O.ClH/c1-7-3-16-10(8(2)20-7)6-19-11-17-4-9(5-18-11)12(13,14)15;/h4-5,7-8,10,16H,3,6H2,1-2H3,(H,17,18,19);1H/t7-,8-,10+;/m0./s1. The number of hydrogen-bond acceptors (Lipinski definition) is 5. The van der Waals surface area contributed by atoms with E-state index in [2.05, 4.69) is 20.6 Å². The summed E-state index contributed by atoms with van der Waals surface area (Å²) in [6.07, 6.45) is -2.71. The summed E-state index contributed by atoms with van der Waals surface area (Å²) in [4.78, 5) is 7.32. The highest BCUT2D eigenvalue weighted by Gasteiger charge is 2.31. The van der Waals surface area contributed by atoms with Gasteiger partial charge in [0.2, 0.25) is 5.95 Å². The Kier molecular flexibility index (Phi) is 6.18. The van der Waals surface area contributed by atoms with Crippen LogP contribution >= 0.6 is 12.4 Å². The van der Waals surface area contributed by atoms with Crippen molar-refractivity contribution in [2.45, 2.75) is 38.3 Å². The van der Waals surface area contributed by atoms with E-state index in [0.717, 1.165) is 18.9 Å². The van der Waals surface area contributed by atoms with Gasteiger partial charge in [-0.1, -0.05) is 0 Å². The first-order chi connectivity index (χ1) is 9.36. The van der Waals surface area contributed by atoms with Crippen LogP contribution in [0, 0.1) is 0 Å². The van der Waals surface area contributed by atoms with E-state index in [-0.39, 0.29) is 36.6 Å². The normalized spacial score (nSPS) is 26.0. The minimum absolute atomic E-state index is 0. The van der Waals surface area contributed by atoms with Crippen molar-refractivity contribution >= 4 is 18.4 Å². The van der Waals surface area contributed by atoms with Crippen molar-refractivity contribution in [2.75, 3.05) is 18.4 Å². The fourth-order valence-electron chi connectivity index (χ4n) is 2.00. The van der Waals surface area contributed by atoms with Gasteiger partial charge >= 0.3 is 6.18 Å². The first-order valence-electron chi connectivity index (χ1n) is 6.38. The topological polar surface area (TPSA) is 59.1 Å². The van der Waals surface area contributed by atoms with Gasteiger partial charge in [-0.2, -0.15) is 13.2 Å². The molecule has 0 unspecified atom stereocenters. The van der Waals surface area contributed by atoms with Crippen LogP contribution in [0.15, 0.2) is 12.4 Å². The minimum atomic E-state index is -4.41. The number of rotatable bonds is 3. The van der Waals surface area contributed by atoms with Crippen molar-refractivity contribution in [2.24, 2.45) is 0 Å². The van der Waals surface area contributed by atoms with Crippen molar-refractivity contribution < 1.29 is 17.9 Å². The summed E-state index contributed by atoms with van der Waals surface area (Å²) in [6, 6.07) is 0.0668. The van der Waals surface area contributed by atoms with Gasteiger partial charge in [-0.3, -0.25) is 0 Å². The van der Waals surface area contributed by atoms with Gasteiger partial charge in [-0.15, -0.1) is 12.4 Å². The quantitative estimate of drug-likeness (QED) is 0.891. The van der Waals surface area contributed by atoms with E-state index in [0.29, 0.717) is 6.54 Å². The lowest BCUT2D eigenvalue weighted by Crippen LogP contribution is -2.53. The molecule has 3 atom stereocenters. The lowest BCUT2D eigenvalue weighted by Gasteiger charge is -2.34. The molecule has 1 saturated heterocycles. The molecular weight excluding hydrogens is 309 g/mol. The number of morpholine rings is 1. The highest BCUT2D eigenvalue weighted by molar-refractivity contribution is 5.85. The molecule has 120 valence electrons. The van der Waals surface area contributed by atoms with Crippen LogP contribution in [0.5, 0.6) is 0 Å². The molecule has 0 radical (unpaired) electrons. The monoisotopic (exact) mass is 326 g/mol. The summed E-state index contributed by atoms with van der Waals surface area (Å²) in [5, 5.41) is 6.21. The molecule has 0 amide bonds. The first kappa shape index (κ1) is 17.9. The second-order valence-electron chi connectivity index (χ2n) is 4.84. The largest absolute Gasteiger partial charge is 0.419 e. The maximum Gasteiger partial charge on any atom is 0.419 e. The average molecular weight is 327 g/mol. The SMILES string of the molecule is C[C@@H]1O[C@@H](C)CN[C@@H]1CNc1ncc(C(F)(F)F)cn1.Cl. The Morgan fingerprint density at radius 3 is 2.48 bits per heavy atom. The Balaban J connectivity index is 0.00000220. The van der Waals surface area contributed by atoms with E-state index in [1.165, 1.54) is 0 Å². The molecule has 2 heterocycles. The van der Waals surface area contributed by atoms with Crippen molar-refractivity contribution in [1.29, 1.82) is 0 Å². The van der Waals surface area contributed by atoms with Gasteiger partial charge in [0.1, 0.15) is 0 Å². The Morgan fingerprint density at radius 1 is 1.33 bits per heavy atom. The van der Waals surface area contributed by atoms with Crippen molar-refractivity contribution in [3.63, 3.8) is 0 Å². The lowest BCUT2D eigenvalue weighted by atomic mass is 10.1. The van der Waals surface area contributed by atoms with E-state index in [1.54, 1.807) is 0 Å². The number of anilines is 1. The van der Waals surface area contributed by atoms with Crippen LogP contribution in [0.2, 0.25) is 0 Å². The average Bonchev–Trinajstić information content (AvgIpc) is 2.37. The van der Waals surface area contributed by atoms with Crippen LogP contribution in [0.1, 0.15) is 19.4 Å². The number of aromatic nitrogens is 2. The van der Waals surface area contributed by atoms with Gasteiger partial charge in [0, 0.05) is 25.5 Å². The molecular formula is C12H18ClF3N4O. The van der Waals surface area contributed by atoms with Crippen LogP contribution in [0.25, 0.3) is 0 Å². The van der Waals surface area contributed by atoms with E-state index < -0.39 is 11.7 Å². The fraction of sp³-hybridized carbons (Fsp3) is 0.667. The molecule has 9 heteroatoms. The summed E-state index contributed by atoms with van der Waals surface area (Å²) in [7, 11) is 0. The third-order valence-electron chi connectivity index (χ3n) is 3.14. The van der Waals surface area contributed by atoms with E-state index in [4.69, 9.17) is 4.74 Å². The smallest absolute Gasteiger partial charge is 0.373 e. The molecule has 1 aliphatic heterocycles. The molecule has 1 aromatic heterocycles. The van der Waals surface area contributed by atoms with Crippen LogP contribution in [0.4, 0.5) is 19.1 Å². The summed E-state index contributed by atoms with van der Waals surface area (Å²) >= 11 is 0. The highest BCUT2D eigenvalue weighted by Crippen LogP contribution is 2.27. The number of hydrogen-bond donors (Lipinski definition) is 2. The molecule has 0 aromatic carbocycles. The molecule has 21 heavy (non-hydrogen) atoms. The summed E-state index contributed by atoms with van der Waals surface area (Å²) < 4.78 is 42.7. The fourth-order valence-corrected chi connectivity index (χ4v) is 2.00. The minimum Gasteiger partial charge on any atom is -0.373 e. The number of nitrogens with one attached hydrogen (secondary N) is 2. The van der Waals surface area contributed by atoms with Crippen LogP contribution in [-0.2, 0) is 10.9 Å². The Hall–Kier alpha value is -1.12. The molecule has 1 aromatic rings. The second-order valence-corrected chi connectivity index (χ2v) is 4.84. The predicted octanol–water partition coefficient (Wildman–Crippen LogP) is 2.09. The molecule has 2 rings (SSSR count). The number of ether oxygens (including phenoxy) is 1. The summed E-state index contributed by atoms with van der Waals surface area (Å²) in [5.41, 5.74) is -0.857. The number of nitrogens with zero attached hydrogens (tertiary/aromatic N) is 2. The summed E-state index contributed by atoms with van der Waals surface area (Å²) in [6.45, 7) is 5.15. The van der Waals surface area contributed by atoms with Gasteiger partial charge < -0.3 is 15.4 Å². The van der Waals surface area contributed by atoms with E-state index >= 15 is 0 Å². The van der Waals surface area contributed by atoms with E-state index in [9.17, 15) is 13.2 Å². The zero-order valence-electron chi connectivity index (χ0n) is 11.6. The Labute approximate surface area is 127 Å². The number of halogens is 4. The van der Waals surface area contributed by atoms with Gasteiger partial charge in [-0.05, 0) is 13.8 Å². The van der Waals surface area contributed by atoms with Gasteiger partial charge in [0.05, 0.1) is 23.8 Å². The molecule has 1 fully saturated rings. The Morgan fingerprint density at radius 2 is 1.95 bits per heavy atom. The van der Waals surface area contributed by atoms with Crippen LogP contribution < -0.4 is 10.6 Å². The van der Waals surface area contributed by atoms with Crippen LogP contribution in [0.3, 0.4) is 0 Å². The highest BCUT2D eigenvalue weighted by atomic mass is 35.5. The molecule has 0 bridgehead atoms. The summed E-state index contributed by atoms with van der Waals surface area (Å²) in [5.74, 6) is 0.172. The van der Waals surface area contributed by atoms with Gasteiger partial charge in [0.25, 0.3) is 0 Å². The van der Waals surface area contributed by atoms with Gasteiger partial charge in [-0.25, -0.2) is 9.97 Å². The van der Waals surface area contributed by atoms with Crippen molar-refractivity contribution in [3.05, 3.63) is 18.0 Å². The molecule has 2 N–H and O–H groups in total. The third kappa shape index (κ3) is 4.98. The molecule has 0 saturated carbocycles. The maximum absolute atomic E-state index is 12.4. The first-order valence-corrected chi connectivity index (χ1v) is 6.38. The van der Waals surface area contributed by atoms with Crippen LogP contribution in [-0.4, -0.2) is 41.3 Å². The van der Waals surface area contributed by atoms with Crippen molar-refractivity contribution in [3.8, 4) is 0 Å². The molecule has 0 spiro atoms. The lowest BCUT2D eigenvalue weighted by molar-refractivity contribution is -0.138. The molecule has 5 nitrogen and oxygen atoms in total. The zero-order chi connectivity index (χ0) is 14.8.